The van der Waals surface area contributed by atoms with Gasteiger partial charge in [0.25, 0.3) is 0 Å². The van der Waals surface area contributed by atoms with Crippen LogP contribution in [0.15, 0.2) is 30.3 Å². The first-order valence-corrected chi connectivity index (χ1v) is 6.18. The maximum Gasteiger partial charge on any atom is 0.0835 e. The summed E-state index contributed by atoms with van der Waals surface area (Å²) in [5.74, 6) is 6.40. The lowest BCUT2D eigenvalue weighted by atomic mass is 10.2. The molecule has 0 aromatic heterocycles. The Hall–Kier alpha value is -0.970. The average molecular weight is 236 g/mol. The molecule has 0 heterocycles. The Morgan fingerprint density at radius 3 is 2.56 bits per heavy atom. The molecule has 0 amide bonds. The van der Waals surface area contributed by atoms with Gasteiger partial charge in [0.15, 0.2) is 0 Å². The topological polar surface area (TPSA) is 3.24 Å². The van der Waals surface area contributed by atoms with E-state index in [1.54, 1.807) is 0 Å². The summed E-state index contributed by atoms with van der Waals surface area (Å²) in [5.41, 5.74) is 1.34. The molecule has 0 atom stereocenters. The van der Waals surface area contributed by atoms with Gasteiger partial charge in [0.2, 0.25) is 0 Å². The minimum Gasteiger partial charge on any atom is -0.288 e. The van der Waals surface area contributed by atoms with E-state index in [2.05, 4.69) is 47.9 Å². The number of hydrogen-bond donors (Lipinski definition) is 0. The second-order valence-corrected chi connectivity index (χ2v) is 3.95. The van der Waals surface area contributed by atoms with Gasteiger partial charge < -0.3 is 0 Å². The summed E-state index contributed by atoms with van der Waals surface area (Å²) in [6.07, 6.45) is 1.15. The van der Waals surface area contributed by atoms with Gasteiger partial charge in [0, 0.05) is 6.54 Å². The molecule has 0 aliphatic heterocycles. The maximum absolute atomic E-state index is 5.53. The zero-order valence-corrected chi connectivity index (χ0v) is 10.5. The predicted octanol–water partition coefficient (Wildman–Crippen LogP) is 3.14. The summed E-state index contributed by atoms with van der Waals surface area (Å²) in [5, 5.41) is 0. The van der Waals surface area contributed by atoms with Gasteiger partial charge in [0.05, 0.1) is 12.4 Å². The first-order chi connectivity index (χ1) is 7.86. The van der Waals surface area contributed by atoms with E-state index in [4.69, 9.17) is 11.6 Å². The molecule has 0 aliphatic carbocycles. The summed E-state index contributed by atoms with van der Waals surface area (Å²) in [7, 11) is 0. The van der Waals surface area contributed by atoms with Crippen molar-refractivity contribution in [2.75, 3.05) is 19.0 Å². The van der Waals surface area contributed by atoms with Crippen LogP contribution < -0.4 is 0 Å². The van der Waals surface area contributed by atoms with E-state index in [1.165, 1.54) is 5.56 Å². The Kier molecular flexibility index (Phi) is 6.72. The summed E-state index contributed by atoms with van der Waals surface area (Å²) < 4.78 is 0. The number of rotatable bonds is 5. The molecular weight excluding hydrogens is 218 g/mol. The average Bonchev–Trinajstić information content (AvgIpc) is 2.31. The van der Waals surface area contributed by atoms with Crippen LogP contribution in [0.2, 0.25) is 0 Å². The van der Waals surface area contributed by atoms with Crippen molar-refractivity contribution in [3.05, 3.63) is 35.9 Å². The first-order valence-electron chi connectivity index (χ1n) is 5.64. The van der Waals surface area contributed by atoms with Crippen molar-refractivity contribution < 1.29 is 0 Å². The lowest BCUT2D eigenvalue weighted by Gasteiger charge is -2.18. The number of benzene rings is 1. The summed E-state index contributed by atoms with van der Waals surface area (Å²) in [6.45, 7) is 5.03. The maximum atomic E-state index is 5.53. The molecular formula is C14H18ClN. The zero-order chi connectivity index (χ0) is 11.6. The summed E-state index contributed by atoms with van der Waals surface area (Å²) in [4.78, 5) is 2.34. The fourth-order valence-electron chi connectivity index (χ4n) is 1.59. The van der Waals surface area contributed by atoms with Gasteiger partial charge in [-0.25, -0.2) is 0 Å². The van der Waals surface area contributed by atoms with Crippen LogP contribution in [0.3, 0.4) is 0 Å². The Morgan fingerprint density at radius 2 is 1.94 bits per heavy atom. The van der Waals surface area contributed by atoms with Crippen LogP contribution in [-0.4, -0.2) is 23.9 Å². The summed E-state index contributed by atoms with van der Waals surface area (Å²) >= 11 is 5.53. The lowest BCUT2D eigenvalue weighted by Crippen LogP contribution is -2.24. The van der Waals surface area contributed by atoms with E-state index >= 15 is 0 Å². The second-order valence-electron chi connectivity index (χ2n) is 3.68. The lowest BCUT2D eigenvalue weighted by molar-refractivity contribution is 0.299. The van der Waals surface area contributed by atoms with Crippen molar-refractivity contribution >= 4 is 11.6 Å². The van der Waals surface area contributed by atoms with Crippen LogP contribution in [0.25, 0.3) is 0 Å². The Labute approximate surface area is 103 Å². The van der Waals surface area contributed by atoms with Crippen LogP contribution in [-0.2, 0) is 6.54 Å². The fraction of sp³-hybridized carbons (Fsp3) is 0.429. The van der Waals surface area contributed by atoms with Crippen molar-refractivity contribution in [3.8, 4) is 11.8 Å². The van der Waals surface area contributed by atoms with Crippen molar-refractivity contribution in [1.29, 1.82) is 0 Å². The number of halogens is 1. The molecule has 86 valence electrons. The van der Waals surface area contributed by atoms with Gasteiger partial charge in [-0.15, -0.1) is 11.6 Å². The predicted molar refractivity (Wildman–Crippen MR) is 70.5 cm³/mol. The molecule has 2 heteroatoms. The molecule has 0 saturated carbocycles. The van der Waals surface area contributed by atoms with Crippen LogP contribution >= 0.6 is 11.6 Å². The molecule has 1 rings (SSSR count). The molecule has 0 aliphatic rings. The Bertz CT molecular complexity index is 337. The molecule has 16 heavy (non-hydrogen) atoms. The third kappa shape index (κ3) is 5.21. The summed E-state index contributed by atoms with van der Waals surface area (Å²) in [6, 6.07) is 10.5. The third-order valence-electron chi connectivity index (χ3n) is 2.28. The smallest absolute Gasteiger partial charge is 0.0835 e. The van der Waals surface area contributed by atoms with E-state index in [9.17, 15) is 0 Å². The van der Waals surface area contributed by atoms with E-state index < -0.39 is 0 Å². The van der Waals surface area contributed by atoms with Crippen LogP contribution in [0.4, 0.5) is 0 Å². The first kappa shape index (κ1) is 13.1. The van der Waals surface area contributed by atoms with Gasteiger partial charge >= 0.3 is 0 Å². The van der Waals surface area contributed by atoms with Crippen LogP contribution in [0, 0.1) is 11.8 Å². The molecule has 0 bridgehead atoms. The van der Waals surface area contributed by atoms with Gasteiger partial charge in [-0.2, -0.15) is 0 Å². The van der Waals surface area contributed by atoms with Crippen molar-refractivity contribution in [1.82, 2.24) is 4.90 Å². The van der Waals surface area contributed by atoms with E-state index in [1.807, 2.05) is 6.07 Å². The molecule has 1 aromatic rings. The molecule has 0 N–H and O–H groups in total. The largest absolute Gasteiger partial charge is 0.288 e. The number of nitrogens with zero attached hydrogens (tertiary/aromatic N) is 1. The third-order valence-corrected chi connectivity index (χ3v) is 2.42. The highest BCUT2D eigenvalue weighted by atomic mass is 35.5. The van der Waals surface area contributed by atoms with Crippen LogP contribution in [0.1, 0.15) is 18.9 Å². The highest BCUT2D eigenvalue weighted by Crippen LogP contribution is 2.04. The van der Waals surface area contributed by atoms with Crippen molar-refractivity contribution in [3.63, 3.8) is 0 Å². The second kappa shape index (κ2) is 8.21. The van der Waals surface area contributed by atoms with Crippen molar-refractivity contribution in [2.45, 2.75) is 19.9 Å². The fourth-order valence-corrected chi connectivity index (χ4v) is 1.68. The zero-order valence-electron chi connectivity index (χ0n) is 9.75. The normalized spacial score (nSPS) is 9.94. The molecule has 0 saturated heterocycles. The Balaban J connectivity index is 2.50. The standard InChI is InChI=1S/C14H18ClN/c1-2-11-16(12-7-6-10-15)13-14-8-4-3-5-9-14/h3-5,8-9H,2,10-13H2,1H3. The molecule has 1 aromatic carbocycles. The number of hydrogen-bond acceptors (Lipinski definition) is 1. The Morgan fingerprint density at radius 1 is 1.19 bits per heavy atom. The van der Waals surface area contributed by atoms with Crippen LogP contribution in [0.5, 0.6) is 0 Å². The van der Waals surface area contributed by atoms with Gasteiger partial charge in [-0.3, -0.25) is 4.90 Å². The molecule has 0 spiro atoms. The molecule has 0 radical (unpaired) electrons. The van der Waals surface area contributed by atoms with E-state index in [0.717, 1.165) is 26.1 Å². The van der Waals surface area contributed by atoms with E-state index in [-0.39, 0.29) is 0 Å². The number of alkyl halides is 1. The highest BCUT2D eigenvalue weighted by Gasteiger charge is 2.02. The minimum atomic E-state index is 0.422. The van der Waals surface area contributed by atoms with Gasteiger partial charge in [-0.1, -0.05) is 49.1 Å². The molecule has 1 nitrogen and oxygen atoms in total. The molecule has 0 unspecified atom stereocenters. The quantitative estimate of drug-likeness (QED) is 0.560. The van der Waals surface area contributed by atoms with Gasteiger partial charge in [0.1, 0.15) is 0 Å². The van der Waals surface area contributed by atoms with Gasteiger partial charge in [-0.05, 0) is 18.5 Å². The SMILES string of the molecule is CCCN(CC#CCCl)Cc1ccccc1. The van der Waals surface area contributed by atoms with Crippen molar-refractivity contribution in [2.24, 2.45) is 0 Å². The molecule has 0 fully saturated rings. The van der Waals surface area contributed by atoms with E-state index in [0.29, 0.717) is 5.88 Å². The monoisotopic (exact) mass is 235 g/mol. The highest BCUT2D eigenvalue weighted by molar-refractivity contribution is 6.19. The minimum absolute atomic E-state index is 0.422.